The van der Waals surface area contributed by atoms with E-state index in [0.29, 0.717) is 41.0 Å². The van der Waals surface area contributed by atoms with E-state index in [1.807, 2.05) is 72.8 Å². The molecule has 46 heavy (non-hydrogen) atoms. The van der Waals surface area contributed by atoms with Crippen LogP contribution in [-0.2, 0) is 23.6 Å². The van der Waals surface area contributed by atoms with Crippen LogP contribution in [0, 0.1) is 0 Å². The molecule has 12 nitrogen and oxygen atoms in total. The third-order valence-corrected chi connectivity index (χ3v) is 10.9. The Hall–Kier alpha value is -2.90. The molecule has 2 atom stereocenters. The number of hydrogen-bond acceptors (Lipinski definition) is 9. The van der Waals surface area contributed by atoms with Gasteiger partial charge < -0.3 is 14.2 Å². The molecule has 0 spiro atoms. The summed E-state index contributed by atoms with van der Waals surface area (Å²) in [6.07, 6.45) is 3.42. The Kier molecular flexibility index (Phi) is 17.2. The monoisotopic (exact) mass is 752 g/mol. The second-order valence-corrected chi connectivity index (χ2v) is 15.0. The molecule has 0 N–H and O–H groups in total. The molecule has 0 fully saturated rings. The van der Waals surface area contributed by atoms with Crippen molar-refractivity contribution in [3.63, 3.8) is 0 Å². The van der Waals surface area contributed by atoms with Crippen LogP contribution >= 0.6 is 40.3 Å². The van der Waals surface area contributed by atoms with Crippen molar-refractivity contribution in [2.24, 2.45) is 24.4 Å². The van der Waals surface area contributed by atoms with E-state index in [2.05, 4.69) is 52.3 Å². The lowest BCUT2D eigenvalue weighted by atomic mass is 10.2. The molecule has 3 aromatic rings. The van der Waals surface area contributed by atoms with Crippen molar-refractivity contribution in [3.8, 4) is 23.0 Å². The molecule has 0 aromatic heterocycles. The molecule has 240 valence electrons. The highest BCUT2D eigenvalue weighted by atomic mass is 32.4. The zero-order valence-electron chi connectivity index (χ0n) is 25.5. The van der Waals surface area contributed by atoms with E-state index in [4.69, 9.17) is 41.9 Å². The Balaban J connectivity index is 1.43. The fourth-order valence-corrected chi connectivity index (χ4v) is 5.78. The summed E-state index contributed by atoms with van der Waals surface area (Å²) >= 11 is 11.1. The van der Waals surface area contributed by atoms with Crippen molar-refractivity contribution < 1.29 is 18.3 Å². The molecule has 3 rings (SSSR count). The second-order valence-electron chi connectivity index (χ2n) is 9.02. The van der Waals surface area contributed by atoms with Crippen molar-refractivity contribution in [2.45, 2.75) is 6.92 Å². The normalized spacial score (nSPS) is 12.2. The van der Waals surface area contributed by atoms with Gasteiger partial charge in [0.1, 0.15) is 18.1 Å². The van der Waals surface area contributed by atoms with Crippen molar-refractivity contribution in [1.29, 1.82) is 0 Å². The van der Waals surface area contributed by atoms with Crippen molar-refractivity contribution in [2.75, 3.05) is 40.8 Å². The first-order valence-corrected chi connectivity index (χ1v) is 20.0. The highest BCUT2D eigenvalue weighted by Crippen LogP contribution is 2.32. The number of rotatable bonds is 19. The van der Waals surface area contributed by atoms with Crippen LogP contribution in [0.3, 0.4) is 0 Å². The summed E-state index contributed by atoms with van der Waals surface area (Å²) in [4.78, 5) is 9.25. The van der Waals surface area contributed by atoms with E-state index in [1.165, 1.54) is 0 Å². The minimum Gasteiger partial charge on any atom is -0.492 e. The van der Waals surface area contributed by atoms with Crippen LogP contribution in [0.2, 0.25) is 0 Å². The quantitative estimate of drug-likeness (QED) is 0.0674. The molecule has 0 aliphatic heterocycles. The molecule has 0 aliphatic rings. The molecule has 0 saturated heterocycles. The summed E-state index contributed by atoms with van der Waals surface area (Å²) in [5, 5.41) is 8.87. The van der Waals surface area contributed by atoms with E-state index in [9.17, 15) is 0 Å². The van der Waals surface area contributed by atoms with Crippen LogP contribution in [0.1, 0.15) is 18.1 Å². The maximum absolute atomic E-state index is 5.93. The third kappa shape index (κ3) is 14.3. The first-order chi connectivity index (χ1) is 22.3. The zero-order valence-corrected chi connectivity index (χ0v) is 31.7. The SMILES string of the molecule is CCN(C)CCOc1ccc(O[P+](=S)N(C)N=Cc2ccc(O[P+](=S)N(C)N=Cc3ccc(OP=NP=NN=P)cc3)cc2)cc1. The fraction of sp³-hybridized carbons (Fsp3) is 0.259. The van der Waals surface area contributed by atoms with Gasteiger partial charge >= 0.3 is 14.1 Å². The molecule has 0 amide bonds. The van der Waals surface area contributed by atoms with Gasteiger partial charge in [-0.2, -0.15) is 0 Å². The third-order valence-electron chi connectivity index (χ3n) is 5.76. The average Bonchev–Trinajstić information content (AvgIpc) is 3.07. The van der Waals surface area contributed by atoms with Gasteiger partial charge in [0.05, 0.1) is 26.5 Å². The maximum Gasteiger partial charge on any atom is 0.540 e. The predicted molar refractivity (Wildman–Crippen MR) is 199 cm³/mol. The van der Waals surface area contributed by atoms with Crippen molar-refractivity contribution >= 4 is 76.3 Å². The maximum atomic E-state index is 5.93. The van der Waals surface area contributed by atoms with Crippen LogP contribution < -0.4 is 18.3 Å². The smallest absolute Gasteiger partial charge is 0.492 e. The van der Waals surface area contributed by atoms with Gasteiger partial charge in [-0.1, -0.05) is 16.5 Å². The largest absolute Gasteiger partial charge is 0.540 e. The van der Waals surface area contributed by atoms with E-state index in [1.54, 1.807) is 36.1 Å². The minimum absolute atomic E-state index is 0.430. The number of ether oxygens (including phenoxy) is 1. The van der Waals surface area contributed by atoms with Gasteiger partial charge in [-0.25, -0.2) is 0 Å². The molecule has 2 unspecified atom stereocenters. The molecule has 0 aliphatic carbocycles. The molecule has 19 heteroatoms. The lowest BCUT2D eigenvalue weighted by molar-refractivity contribution is 0.243. The van der Waals surface area contributed by atoms with Crippen molar-refractivity contribution in [3.05, 3.63) is 83.9 Å². The first-order valence-electron chi connectivity index (χ1n) is 13.6. The van der Waals surface area contributed by atoms with Crippen LogP contribution in [-0.4, -0.2) is 67.7 Å². The van der Waals surface area contributed by atoms with Crippen molar-refractivity contribution in [1.82, 2.24) is 14.5 Å². The second kappa shape index (κ2) is 21.1. The predicted octanol–water partition coefficient (Wildman–Crippen LogP) is 8.96. The van der Waals surface area contributed by atoms with Gasteiger partial charge in [0.2, 0.25) is 23.6 Å². The number of likely N-dealkylation sites (N-methyl/N-ethyl adjacent to an activating group) is 1. The Bertz CT molecular complexity index is 1550. The van der Waals surface area contributed by atoms with Gasteiger partial charge in [-0.15, -0.1) is 24.4 Å². The summed E-state index contributed by atoms with van der Waals surface area (Å²) in [5.74, 6) is 2.76. The Morgan fingerprint density at radius 1 is 0.761 bits per heavy atom. The van der Waals surface area contributed by atoms with Crippen LogP contribution in [0.25, 0.3) is 0 Å². The molecule has 0 radical (unpaired) electrons. The Morgan fingerprint density at radius 2 is 1.24 bits per heavy atom. The number of hydrazone groups is 2. The lowest BCUT2D eigenvalue weighted by Gasteiger charge is -2.14. The summed E-state index contributed by atoms with van der Waals surface area (Å²) in [5.41, 5.74) is 1.75. The Morgan fingerprint density at radius 3 is 1.74 bits per heavy atom. The van der Waals surface area contributed by atoms with E-state index >= 15 is 0 Å². The highest BCUT2D eigenvalue weighted by Gasteiger charge is 2.21. The number of hydrogen-bond donors (Lipinski definition) is 0. The molecule has 3 aromatic carbocycles. The molecule has 0 saturated carbocycles. The topological polar surface area (TPSA) is 108 Å². The fourth-order valence-electron chi connectivity index (χ4n) is 3.11. The summed E-state index contributed by atoms with van der Waals surface area (Å²) in [6.45, 7) is 4.60. The lowest BCUT2D eigenvalue weighted by Crippen LogP contribution is -2.23. The standard InChI is InChI=1S/C27H33N8O4P5S2/c1-5-33(2)18-19-36-24-14-16-27(17-15-24)39-44(46)35(4)29-21-23-8-12-26(13-9-23)38-43(45)34(3)28-20-22-6-10-25(11-7-22)37-42-32-41-31-30-40/h6-17,20-21,40H,5,18-19H2,1-4H3/q+2. The van der Waals surface area contributed by atoms with E-state index in [0.717, 1.165) is 30.0 Å². The van der Waals surface area contributed by atoms with E-state index < -0.39 is 14.1 Å². The number of nitrogens with zero attached hydrogens (tertiary/aromatic N) is 8. The van der Waals surface area contributed by atoms with Gasteiger partial charge in [-0.05, 0) is 97.5 Å². The Labute approximate surface area is 287 Å². The molecule has 0 bridgehead atoms. The summed E-state index contributed by atoms with van der Waals surface area (Å²) < 4.78 is 30.4. The van der Waals surface area contributed by atoms with Gasteiger partial charge in [-0.3, -0.25) is 9.05 Å². The molecular weight excluding hydrogens is 719 g/mol. The van der Waals surface area contributed by atoms with Crippen LogP contribution in [0.15, 0.2) is 97.2 Å². The number of benzene rings is 3. The van der Waals surface area contributed by atoms with E-state index in [-0.39, 0.29) is 0 Å². The minimum atomic E-state index is -1.42. The molecule has 0 heterocycles. The zero-order chi connectivity index (χ0) is 33.1. The summed E-state index contributed by atoms with van der Waals surface area (Å²) in [6, 6.07) is 22.3. The van der Waals surface area contributed by atoms with Gasteiger partial charge in [0, 0.05) is 15.6 Å². The molecular formula is C27H33N8O4P5S2+2. The van der Waals surface area contributed by atoms with Gasteiger partial charge in [0.15, 0.2) is 20.0 Å². The summed E-state index contributed by atoms with van der Waals surface area (Å²) in [7, 11) is 6.58. The highest BCUT2D eigenvalue weighted by molar-refractivity contribution is 8.02. The van der Waals surface area contributed by atoms with Crippen LogP contribution in [0.5, 0.6) is 23.0 Å². The van der Waals surface area contributed by atoms with Gasteiger partial charge in [0.25, 0.3) is 8.60 Å². The first kappa shape index (κ1) is 37.6. The van der Waals surface area contributed by atoms with Crippen LogP contribution in [0.4, 0.5) is 0 Å². The average molecular weight is 753 g/mol.